The smallest absolute Gasteiger partial charge is 0.255 e. The highest BCUT2D eigenvalue weighted by Crippen LogP contribution is 2.27. The van der Waals surface area contributed by atoms with Crippen LogP contribution in [0.5, 0.6) is 0 Å². The van der Waals surface area contributed by atoms with Crippen molar-refractivity contribution in [2.75, 3.05) is 5.32 Å². The Morgan fingerprint density at radius 3 is 2.54 bits per heavy atom. The maximum Gasteiger partial charge on any atom is 0.255 e. The molecule has 0 saturated heterocycles. The van der Waals surface area contributed by atoms with E-state index in [9.17, 15) is 4.79 Å². The number of nitrogens with one attached hydrogen (secondary N) is 1. The van der Waals surface area contributed by atoms with Crippen molar-refractivity contribution >= 4 is 11.6 Å². The van der Waals surface area contributed by atoms with E-state index in [1.807, 2.05) is 69.3 Å². The Bertz CT molecular complexity index is 869. The van der Waals surface area contributed by atoms with E-state index < -0.39 is 0 Å². The van der Waals surface area contributed by atoms with E-state index in [2.05, 4.69) is 20.8 Å². The van der Waals surface area contributed by atoms with Crippen LogP contribution in [0.25, 0.3) is 11.4 Å². The largest absolute Gasteiger partial charge is 0.321 e. The first-order valence-corrected chi connectivity index (χ1v) is 7.82. The summed E-state index contributed by atoms with van der Waals surface area (Å²) in [6.45, 7) is 5.93. The molecule has 0 aliphatic carbocycles. The summed E-state index contributed by atoms with van der Waals surface area (Å²) in [5.41, 5.74) is 3.05. The van der Waals surface area contributed by atoms with E-state index in [1.54, 1.807) is 4.68 Å². The fraction of sp³-hybridized carbons (Fsp3) is 0.222. The van der Waals surface area contributed by atoms with E-state index in [-0.39, 0.29) is 11.9 Å². The lowest BCUT2D eigenvalue weighted by molar-refractivity contribution is 0.102. The first-order valence-electron chi connectivity index (χ1n) is 7.82. The van der Waals surface area contributed by atoms with Gasteiger partial charge < -0.3 is 5.32 Å². The summed E-state index contributed by atoms with van der Waals surface area (Å²) in [5, 5.41) is 14.9. The number of carbonyl (C=O) groups is 1. The lowest BCUT2D eigenvalue weighted by atomic mass is 10.1. The normalized spacial score (nSPS) is 10.8. The van der Waals surface area contributed by atoms with Gasteiger partial charge in [0, 0.05) is 11.1 Å². The molecule has 0 bridgehead atoms. The molecule has 3 aromatic rings. The minimum absolute atomic E-state index is 0.120. The zero-order valence-electron chi connectivity index (χ0n) is 13.9. The summed E-state index contributed by atoms with van der Waals surface area (Å²) in [7, 11) is 0. The predicted octanol–water partition coefficient (Wildman–Crippen LogP) is 3.48. The predicted molar refractivity (Wildman–Crippen MR) is 92.8 cm³/mol. The maximum absolute atomic E-state index is 12.6. The van der Waals surface area contributed by atoms with Crippen molar-refractivity contribution in [3.8, 4) is 11.4 Å². The second-order valence-electron chi connectivity index (χ2n) is 5.86. The van der Waals surface area contributed by atoms with Crippen molar-refractivity contribution in [1.82, 2.24) is 20.2 Å². The summed E-state index contributed by atoms with van der Waals surface area (Å²) < 4.78 is 1.73. The molecule has 6 nitrogen and oxygen atoms in total. The van der Waals surface area contributed by atoms with E-state index in [0.29, 0.717) is 17.1 Å². The molecule has 0 atom stereocenters. The highest BCUT2D eigenvalue weighted by atomic mass is 16.1. The second kappa shape index (κ2) is 6.62. The standard InChI is InChI=1S/C18H19N5O/c1-12(2)23-17(20-21-22-23)15-10-6-7-11-16(15)19-18(24)14-9-5-4-8-13(14)3/h4-12H,1-3H3,(H,19,24). The minimum atomic E-state index is -0.149. The SMILES string of the molecule is Cc1ccccc1C(=O)Nc1ccccc1-c1nnnn1C(C)C. The van der Waals surface area contributed by atoms with Gasteiger partial charge in [-0.3, -0.25) is 4.79 Å². The molecule has 2 aromatic carbocycles. The molecule has 0 unspecified atom stereocenters. The Morgan fingerprint density at radius 2 is 1.79 bits per heavy atom. The van der Waals surface area contributed by atoms with Crippen molar-refractivity contribution in [3.63, 3.8) is 0 Å². The van der Waals surface area contributed by atoms with Crippen LogP contribution in [0, 0.1) is 6.92 Å². The first kappa shape index (κ1) is 15.9. The molecule has 0 saturated carbocycles. The van der Waals surface area contributed by atoms with Crippen LogP contribution < -0.4 is 5.32 Å². The molecule has 3 rings (SSSR count). The molecule has 1 aromatic heterocycles. The van der Waals surface area contributed by atoms with Gasteiger partial charge in [-0.15, -0.1) is 5.10 Å². The van der Waals surface area contributed by atoms with E-state index in [0.717, 1.165) is 11.1 Å². The summed E-state index contributed by atoms with van der Waals surface area (Å²) in [5.74, 6) is 0.481. The quantitative estimate of drug-likeness (QED) is 0.798. The van der Waals surface area contributed by atoms with Crippen molar-refractivity contribution in [1.29, 1.82) is 0 Å². The molecule has 0 aliphatic heterocycles. The van der Waals surface area contributed by atoms with Crippen LogP contribution in [0.3, 0.4) is 0 Å². The van der Waals surface area contributed by atoms with Gasteiger partial charge in [-0.05, 0) is 55.0 Å². The number of para-hydroxylation sites is 1. The Morgan fingerprint density at radius 1 is 1.08 bits per heavy atom. The number of anilines is 1. The first-order chi connectivity index (χ1) is 11.6. The Labute approximate surface area is 140 Å². The van der Waals surface area contributed by atoms with Gasteiger partial charge in [-0.1, -0.05) is 30.3 Å². The van der Waals surface area contributed by atoms with Gasteiger partial charge in [-0.25, -0.2) is 4.68 Å². The van der Waals surface area contributed by atoms with E-state index in [1.165, 1.54) is 0 Å². The highest BCUT2D eigenvalue weighted by molar-refractivity contribution is 6.06. The topological polar surface area (TPSA) is 72.7 Å². The number of aryl methyl sites for hydroxylation is 1. The van der Waals surface area contributed by atoms with Gasteiger partial charge in [-0.2, -0.15) is 0 Å². The lowest BCUT2D eigenvalue weighted by Gasteiger charge is -2.13. The molecule has 6 heteroatoms. The molecule has 24 heavy (non-hydrogen) atoms. The number of nitrogens with zero attached hydrogens (tertiary/aromatic N) is 4. The molecular formula is C18H19N5O. The van der Waals surface area contributed by atoms with Gasteiger partial charge in [0.1, 0.15) is 0 Å². The number of rotatable bonds is 4. The molecule has 122 valence electrons. The maximum atomic E-state index is 12.6. The van der Waals surface area contributed by atoms with Gasteiger partial charge in [0.05, 0.1) is 11.7 Å². The van der Waals surface area contributed by atoms with Crippen LogP contribution in [0.15, 0.2) is 48.5 Å². The number of benzene rings is 2. The molecular weight excluding hydrogens is 302 g/mol. The fourth-order valence-electron chi connectivity index (χ4n) is 2.52. The Kier molecular flexibility index (Phi) is 4.37. The molecule has 1 heterocycles. The summed E-state index contributed by atoms with van der Waals surface area (Å²) >= 11 is 0. The Balaban J connectivity index is 1.97. The van der Waals surface area contributed by atoms with Crippen LogP contribution >= 0.6 is 0 Å². The third-order valence-electron chi connectivity index (χ3n) is 3.79. The third kappa shape index (κ3) is 3.03. The Hall–Kier alpha value is -3.02. The number of hydrogen-bond donors (Lipinski definition) is 1. The van der Waals surface area contributed by atoms with Crippen LogP contribution in [-0.2, 0) is 0 Å². The van der Waals surface area contributed by atoms with Gasteiger partial charge in [0.2, 0.25) is 0 Å². The number of aromatic nitrogens is 4. The summed E-state index contributed by atoms with van der Waals surface area (Å²) in [6.07, 6.45) is 0. The van der Waals surface area contributed by atoms with Gasteiger partial charge in [0.15, 0.2) is 5.82 Å². The fourth-order valence-corrected chi connectivity index (χ4v) is 2.52. The molecule has 0 spiro atoms. The second-order valence-corrected chi connectivity index (χ2v) is 5.86. The lowest BCUT2D eigenvalue weighted by Crippen LogP contribution is -2.14. The summed E-state index contributed by atoms with van der Waals surface area (Å²) in [4.78, 5) is 12.6. The number of tetrazole rings is 1. The zero-order chi connectivity index (χ0) is 17.1. The summed E-state index contributed by atoms with van der Waals surface area (Å²) in [6, 6.07) is 15.1. The number of amides is 1. The van der Waals surface area contributed by atoms with Crippen LogP contribution in [0.1, 0.15) is 35.8 Å². The third-order valence-corrected chi connectivity index (χ3v) is 3.79. The molecule has 0 aliphatic rings. The average Bonchev–Trinajstić information content (AvgIpc) is 3.05. The average molecular weight is 321 g/mol. The minimum Gasteiger partial charge on any atom is -0.321 e. The van der Waals surface area contributed by atoms with Crippen LogP contribution in [-0.4, -0.2) is 26.1 Å². The highest BCUT2D eigenvalue weighted by Gasteiger charge is 2.17. The van der Waals surface area contributed by atoms with Crippen molar-refractivity contribution in [2.24, 2.45) is 0 Å². The molecule has 0 fully saturated rings. The molecule has 0 radical (unpaired) electrons. The number of hydrogen-bond acceptors (Lipinski definition) is 4. The van der Waals surface area contributed by atoms with E-state index >= 15 is 0 Å². The van der Waals surface area contributed by atoms with Crippen molar-refractivity contribution < 1.29 is 4.79 Å². The van der Waals surface area contributed by atoms with Gasteiger partial charge >= 0.3 is 0 Å². The van der Waals surface area contributed by atoms with Crippen LogP contribution in [0.2, 0.25) is 0 Å². The monoisotopic (exact) mass is 321 g/mol. The molecule has 1 amide bonds. The molecule has 1 N–H and O–H groups in total. The van der Waals surface area contributed by atoms with Gasteiger partial charge in [0.25, 0.3) is 5.91 Å². The van der Waals surface area contributed by atoms with Crippen LogP contribution in [0.4, 0.5) is 5.69 Å². The van der Waals surface area contributed by atoms with Crippen molar-refractivity contribution in [3.05, 3.63) is 59.7 Å². The number of carbonyl (C=O) groups excluding carboxylic acids is 1. The van der Waals surface area contributed by atoms with Crippen molar-refractivity contribution in [2.45, 2.75) is 26.8 Å². The zero-order valence-corrected chi connectivity index (χ0v) is 13.9. The van der Waals surface area contributed by atoms with E-state index in [4.69, 9.17) is 0 Å².